The van der Waals surface area contributed by atoms with Gasteiger partial charge in [0.25, 0.3) is 0 Å². The first kappa shape index (κ1) is 28.8. The highest BCUT2D eigenvalue weighted by Crippen LogP contribution is 2.34. The van der Waals surface area contributed by atoms with Gasteiger partial charge in [-0.3, -0.25) is 19.5 Å². The lowest BCUT2D eigenvalue weighted by molar-refractivity contribution is -0.137. The molecule has 1 saturated heterocycles. The second-order valence-corrected chi connectivity index (χ2v) is 10.6. The normalized spacial score (nSPS) is 16.3. The lowest BCUT2D eigenvalue weighted by Crippen LogP contribution is -2.51. The van der Waals surface area contributed by atoms with Crippen LogP contribution >= 0.6 is 0 Å². The minimum atomic E-state index is -4.47. The number of anilines is 1. The molecule has 0 spiro atoms. The predicted octanol–water partition coefficient (Wildman–Crippen LogP) is 5.82. The first-order valence-electron chi connectivity index (χ1n) is 13.9. The molecule has 1 fully saturated rings. The van der Waals surface area contributed by atoms with Gasteiger partial charge < -0.3 is 0 Å². The van der Waals surface area contributed by atoms with Gasteiger partial charge in [0.05, 0.1) is 30.0 Å². The van der Waals surface area contributed by atoms with Crippen molar-refractivity contribution in [1.82, 2.24) is 19.6 Å². The molecule has 222 valence electrons. The average molecular weight is 594 g/mol. The Morgan fingerprint density at radius 1 is 0.837 bits per heavy atom. The fourth-order valence-electron chi connectivity index (χ4n) is 5.73. The number of aromatic nitrogens is 2. The predicted molar refractivity (Wildman–Crippen MR) is 152 cm³/mol. The second kappa shape index (κ2) is 11.7. The highest BCUT2D eigenvalue weighted by Gasteiger charge is 2.33. The maximum atomic E-state index is 13.7. The lowest BCUT2D eigenvalue weighted by atomic mass is 9.96. The van der Waals surface area contributed by atoms with E-state index in [1.54, 1.807) is 47.4 Å². The smallest absolute Gasteiger partial charge is 0.292 e. The van der Waals surface area contributed by atoms with Crippen LogP contribution in [0.15, 0.2) is 91.1 Å². The first-order valence-corrected chi connectivity index (χ1v) is 13.9. The van der Waals surface area contributed by atoms with E-state index in [2.05, 4.69) is 14.9 Å². The van der Waals surface area contributed by atoms with Crippen molar-refractivity contribution in [2.45, 2.75) is 12.2 Å². The molecule has 0 radical (unpaired) electrons. The van der Waals surface area contributed by atoms with Crippen molar-refractivity contribution >= 4 is 17.4 Å². The molecule has 11 heteroatoms. The fourth-order valence-corrected chi connectivity index (χ4v) is 5.73. The molecule has 43 heavy (non-hydrogen) atoms. The summed E-state index contributed by atoms with van der Waals surface area (Å²) in [7, 11) is 0. The number of halogens is 5. The average Bonchev–Trinajstić information content (AvgIpc) is 3.49. The number of hydrogen-bond acceptors (Lipinski definition) is 4. The summed E-state index contributed by atoms with van der Waals surface area (Å²) in [5.41, 5.74) is 1.87. The van der Waals surface area contributed by atoms with Crippen molar-refractivity contribution in [3.63, 3.8) is 0 Å². The van der Waals surface area contributed by atoms with Crippen molar-refractivity contribution in [1.29, 1.82) is 0 Å². The molecule has 3 aromatic carbocycles. The van der Waals surface area contributed by atoms with E-state index in [4.69, 9.17) is 0 Å². The molecule has 2 aliphatic rings. The lowest BCUT2D eigenvalue weighted by Gasteiger charge is -2.40. The van der Waals surface area contributed by atoms with Crippen molar-refractivity contribution in [2.75, 3.05) is 44.2 Å². The van der Waals surface area contributed by atoms with Crippen molar-refractivity contribution in [3.8, 4) is 0 Å². The van der Waals surface area contributed by atoms with Crippen LogP contribution in [-0.2, 0) is 11.0 Å². The largest absolute Gasteiger partial charge is 0.416 e. The molecule has 0 N–H and O–H groups in total. The number of benzene rings is 3. The standard InChI is InChI=1S/C32H28F5N5O/c33-26-8-4-22(5-9-26)31(23-6-10-27(34)11-7-23)40-18-16-39(17-19-40)21-30(43)41-15-13-28(42-29(41)12-14-38-42)24-2-1-3-25(20-24)32(35,36)37/h1-14,20,31H,15-19,21H2. The molecule has 3 heterocycles. The zero-order valence-corrected chi connectivity index (χ0v) is 23.0. The Morgan fingerprint density at radius 2 is 1.47 bits per heavy atom. The summed E-state index contributed by atoms with van der Waals surface area (Å²) in [6, 6.07) is 19.1. The first-order chi connectivity index (χ1) is 20.7. The van der Waals surface area contributed by atoms with Crippen LogP contribution in [0.2, 0.25) is 0 Å². The minimum Gasteiger partial charge on any atom is -0.292 e. The summed E-state index contributed by atoms with van der Waals surface area (Å²) in [6.45, 7) is 2.82. The quantitative estimate of drug-likeness (QED) is 0.264. The van der Waals surface area contributed by atoms with Crippen LogP contribution in [0.3, 0.4) is 0 Å². The number of rotatable bonds is 6. The molecular weight excluding hydrogens is 565 g/mol. The number of alkyl halides is 3. The topological polar surface area (TPSA) is 44.6 Å². The third kappa shape index (κ3) is 6.09. The van der Waals surface area contributed by atoms with Gasteiger partial charge in [0.15, 0.2) is 0 Å². The SMILES string of the molecule is O=C(CN1CCN(C(c2ccc(F)cc2)c2ccc(F)cc2)CC1)N1CC=C(c2cccc(C(F)(F)F)c2)n2nccc21. The number of fused-ring (bicyclic) bond motifs is 1. The van der Waals surface area contributed by atoms with Crippen LogP contribution in [0.4, 0.5) is 27.8 Å². The van der Waals surface area contributed by atoms with E-state index in [0.29, 0.717) is 43.3 Å². The van der Waals surface area contributed by atoms with E-state index in [9.17, 15) is 26.7 Å². The van der Waals surface area contributed by atoms with Crippen LogP contribution < -0.4 is 4.90 Å². The maximum Gasteiger partial charge on any atom is 0.416 e. The van der Waals surface area contributed by atoms with Gasteiger partial charge in [-0.05, 0) is 53.6 Å². The number of amides is 1. The number of piperazine rings is 1. The van der Waals surface area contributed by atoms with Crippen LogP contribution in [0.25, 0.3) is 5.70 Å². The van der Waals surface area contributed by atoms with Gasteiger partial charge in [-0.15, -0.1) is 0 Å². The van der Waals surface area contributed by atoms with Crippen LogP contribution in [-0.4, -0.2) is 64.8 Å². The molecule has 0 atom stereocenters. The fraction of sp³-hybridized carbons (Fsp3) is 0.250. The Kier molecular flexibility index (Phi) is 7.85. The highest BCUT2D eigenvalue weighted by molar-refractivity contribution is 5.96. The summed E-state index contributed by atoms with van der Waals surface area (Å²) < 4.78 is 68.7. The van der Waals surface area contributed by atoms with Gasteiger partial charge in [-0.1, -0.05) is 36.4 Å². The Balaban J connectivity index is 1.14. The van der Waals surface area contributed by atoms with Gasteiger partial charge >= 0.3 is 6.18 Å². The summed E-state index contributed by atoms with van der Waals surface area (Å²) >= 11 is 0. The Bertz CT molecular complexity index is 1580. The Labute approximate surface area is 245 Å². The molecule has 6 nitrogen and oxygen atoms in total. The molecule has 0 bridgehead atoms. The monoisotopic (exact) mass is 593 g/mol. The summed E-state index contributed by atoms with van der Waals surface area (Å²) in [5, 5.41) is 4.29. The third-order valence-corrected chi connectivity index (χ3v) is 7.88. The van der Waals surface area contributed by atoms with E-state index in [0.717, 1.165) is 23.3 Å². The van der Waals surface area contributed by atoms with Crippen molar-refractivity contribution in [3.05, 3.63) is 125 Å². The molecule has 0 unspecified atom stereocenters. The Morgan fingerprint density at radius 3 is 2.07 bits per heavy atom. The van der Waals surface area contributed by atoms with Gasteiger partial charge in [0, 0.05) is 44.4 Å². The maximum absolute atomic E-state index is 13.7. The summed E-state index contributed by atoms with van der Waals surface area (Å²) in [6.07, 6.45) is -1.24. The molecule has 0 saturated carbocycles. The van der Waals surface area contributed by atoms with Crippen molar-refractivity contribution < 1.29 is 26.7 Å². The Hall–Kier alpha value is -4.35. The second-order valence-electron chi connectivity index (χ2n) is 10.6. The highest BCUT2D eigenvalue weighted by atomic mass is 19.4. The van der Waals surface area contributed by atoms with Gasteiger partial charge in [-0.25, -0.2) is 13.5 Å². The molecule has 1 aromatic heterocycles. The van der Waals surface area contributed by atoms with E-state index >= 15 is 0 Å². The third-order valence-electron chi connectivity index (χ3n) is 7.88. The zero-order chi connectivity index (χ0) is 30.1. The van der Waals surface area contributed by atoms with Gasteiger partial charge in [-0.2, -0.15) is 18.3 Å². The van der Waals surface area contributed by atoms with E-state index in [-0.39, 0.29) is 36.7 Å². The molecular formula is C32H28F5N5O. The minimum absolute atomic E-state index is 0.150. The number of carbonyl (C=O) groups excluding carboxylic acids is 1. The molecule has 4 aromatic rings. The molecule has 6 rings (SSSR count). The molecule has 1 amide bonds. The molecule has 2 aliphatic heterocycles. The van der Waals surface area contributed by atoms with E-state index in [1.807, 2.05) is 0 Å². The number of carbonyl (C=O) groups is 1. The van der Waals surface area contributed by atoms with Crippen molar-refractivity contribution in [2.24, 2.45) is 0 Å². The number of nitrogens with zero attached hydrogens (tertiary/aromatic N) is 5. The zero-order valence-electron chi connectivity index (χ0n) is 23.0. The van der Waals surface area contributed by atoms with Crippen LogP contribution in [0.5, 0.6) is 0 Å². The summed E-state index contributed by atoms with van der Waals surface area (Å²) in [5.74, 6) is -0.323. The molecule has 0 aliphatic carbocycles. The van der Waals surface area contributed by atoms with Crippen LogP contribution in [0.1, 0.15) is 28.3 Å². The van der Waals surface area contributed by atoms with E-state index in [1.165, 1.54) is 41.2 Å². The summed E-state index contributed by atoms with van der Waals surface area (Å²) in [4.78, 5) is 19.3. The van der Waals surface area contributed by atoms with E-state index < -0.39 is 11.7 Å². The van der Waals surface area contributed by atoms with Gasteiger partial charge in [0.2, 0.25) is 5.91 Å². The van der Waals surface area contributed by atoms with Crippen LogP contribution in [0, 0.1) is 11.6 Å². The van der Waals surface area contributed by atoms with Gasteiger partial charge in [0.1, 0.15) is 17.5 Å². The number of hydrogen-bond donors (Lipinski definition) is 0.